The SMILES string of the molecule is Cc1nn(C)c2c(=O)n(C)c(N3CCCC3)nc12. The third-order valence-corrected chi connectivity index (χ3v) is 3.60. The third kappa shape index (κ3) is 1.45. The van der Waals surface area contributed by atoms with Crippen LogP contribution in [0.5, 0.6) is 0 Å². The first kappa shape index (κ1) is 11.3. The predicted octanol–water partition coefficient (Wildman–Crippen LogP) is 0.576. The predicted molar refractivity (Wildman–Crippen MR) is 69.9 cm³/mol. The first-order valence-corrected chi connectivity index (χ1v) is 6.25. The molecule has 0 amide bonds. The summed E-state index contributed by atoms with van der Waals surface area (Å²) in [5.74, 6) is 0.765. The maximum Gasteiger partial charge on any atom is 0.280 e. The molecule has 0 N–H and O–H groups in total. The van der Waals surface area contributed by atoms with Crippen LogP contribution in [0.3, 0.4) is 0 Å². The highest BCUT2D eigenvalue weighted by Crippen LogP contribution is 2.19. The molecule has 0 bridgehead atoms. The highest BCUT2D eigenvalue weighted by molar-refractivity contribution is 5.77. The normalized spacial score (nSPS) is 15.8. The van der Waals surface area contributed by atoms with Crippen LogP contribution in [0.4, 0.5) is 5.95 Å². The molecule has 96 valence electrons. The van der Waals surface area contributed by atoms with E-state index >= 15 is 0 Å². The summed E-state index contributed by atoms with van der Waals surface area (Å²) in [5, 5.41) is 4.28. The van der Waals surface area contributed by atoms with Gasteiger partial charge in [-0.15, -0.1) is 0 Å². The number of hydrogen-bond donors (Lipinski definition) is 0. The first-order valence-electron chi connectivity index (χ1n) is 6.25. The van der Waals surface area contributed by atoms with Crippen LogP contribution in [-0.2, 0) is 14.1 Å². The van der Waals surface area contributed by atoms with Gasteiger partial charge in [-0.25, -0.2) is 4.98 Å². The second-order valence-corrected chi connectivity index (χ2v) is 4.88. The lowest BCUT2D eigenvalue weighted by molar-refractivity contribution is 0.751. The second kappa shape index (κ2) is 3.83. The molecule has 0 aliphatic carbocycles. The van der Waals surface area contributed by atoms with Crippen molar-refractivity contribution in [3.05, 3.63) is 16.0 Å². The van der Waals surface area contributed by atoms with Gasteiger partial charge in [0.05, 0.1) is 5.69 Å². The van der Waals surface area contributed by atoms with Crippen LogP contribution in [0.2, 0.25) is 0 Å². The van der Waals surface area contributed by atoms with Crippen LogP contribution in [-0.4, -0.2) is 32.4 Å². The molecule has 6 nitrogen and oxygen atoms in total. The molecule has 1 aliphatic heterocycles. The van der Waals surface area contributed by atoms with E-state index in [2.05, 4.69) is 15.0 Å². The minimum atomic E-state index is -0.0231. The number of anilines is 1. The number of nitrogens with zero attached hydrogens (tertiary/aromatic N) is 5. The van der Waals surface area contributed by atoms with Crippen LogP contribution in [0.25, 0.3) is 11.0 Å². The molecule has 1 fully saturated rings. The largest absolute Gasteiger partial charge is 0.342 e. The topological polar surface area (TPSA) is 56.0 Å². The Labute approximate surface area is 105 Å². The Morgan fingerprint density at radius 2 is 1.83 bits per heavy atom. The molecule has 2 aromatic rings. The van der Waals surface area contributed by atoms with Crippen molar-refractivity contribution in [3.63, 3.8) is 0 Å². The summed E-state index contributed by atoms with van der Waals surface area (Å²) in [4.78, 5) is 19.2. The summed E-state index contributed by atoms with van der Waals surface area (Å²) in [6, 6.07) is 0. The van der Waals surface area contributed by atoms with Crippen molar-refractivity contribution in [1.29, 1.82) is 0 Å². The highest BCUT2D eigenvalue weighted by Gasteiger charge is 2.20. The molecule has 0 atom stereocenters. The molecule has 3 heterocycles. The van der Waals surface area contributed by atoms with E-state index in [1.807, 2.05) is 6.92 Å². The van der Waals surface area contributed by atoms with Crippen molar-refractivity contribution < 1.29 is 0 Å². The van der Waals surface area contributed by atoms with E-state index in [4.69, 9.17) is 0 Å². The van der Waals surface area contributed by atoms with Crippen molar-refractivity contribution >= 4 is 17.0 Å². The Bertz CT molecular complexity index is 663. The summed E-state index contributed by atoms with van der Waals surface area (Å²) in [6.07, 6.45) is 2.33. The van der Waals surface area contributed by atoms with Gasteiger partial charge in [0, 0.05) is 27.2 Å². The number of hydrogen-bond acceptors (Lipinski definition) is 4. The lowest BCUT2D eigenvalue weighted by atomic mass is 10.3. The van der Waals surface area contributed by atoms with Crippen molar-refractivity contribution in [2.45, 2.75) is 19.8 Å². The Hall–Kier alpha value is -1.85. The van der Waals surface area contributed by atoms with Gasteiger partial charge in [0.25, 0.3) is 5.56 Å². The molecule has 0 aromatic carbocycles. The molecule has 6 heteroatoms. The highest BCUT2D eigenvalue weighted by atomic mass is 16.1. The molecule has 0 unspecified atom stereocenters. The van der Waals surface area contributed by atoms with Gasteiger partial charge in [-0.1, -0.05) is 0 Å². The number of aryl methyl sites for hydroxylation is 2. The number of rotatable bonds is 1. The van der Waals surface area contributed by atoms with Gasteiger partial charge in [0.15, 0.2) is 5.52 Å². The monoisotopic (exact) mass is 247 g/mol. The lowest BCUT2D eigenvalue weighted by Gasteiger charge is -2.19. The summed E-state index contributed by atoms with van der Waals surface area (Å²) >= 11 is 0. The van der Waals surface area contributed by atoms with Gasteiger partial charge in [-0.3, -0.25) is 14.0 Å². The van der Waals surface area contributed by atoms with Gasteiger partial charge in [-0.2, -0.15) is 5.10 Å². The minimum absolute atomic E-state index is 0.0231. The standard InChI is InChI=1S/C12H17N5O/c1-8-9-10(16(3)14-8)11(18)15(2)12(13-9)17-6-4-5-7-17/h4-7H2,1-3H3. The Kier molecular flexibility index (Phi) is 2.39. The molecule has 1 aliphatic rings. The van der Waals surface area contributed by atoms with Crippen LogP contribution in [0.15, 0.2) is 4.79 Å². The van der Waals surface area contributed by atoms with E-state index in [9.17, 15) is 4.79 Å². The third-order valence-electron chi connectivity index (χ3n) is 3.60. The average Bonchev–Trinajstić information content (AvgIpc) is 2.93. The van der Waals surface area contributed by atoms with Crippen molar-refractivity contribution in [2.24, 2.45) is 14.1 Å². The summed E-state index contributed by atoms with van der Waals surface area (Å²) in [5.41, 5.74) is 2.09. The summed E-state index contributed by atoms with van der Waals surface area (Å²) in [7, 11) is 3.57. The molecule has 3 rings (SSSR count). The first-order chi connectivity index (χ1) is 8.59. The second-order valence-electron chi connectivity index (χ2n) is 4.88. The zero-order valence-electron chi connectivity index (χ0n) is 11.0. The van der Waals surface area contributed by atoms with Crippen molar-refractivity contribution in [1.82, 2.24) is 19.3 Å². The van der Waals surface area contributed by atoms with E-state index in [-0.39, 0.29) is 5.56 Å². The zero-order chi connectivity index (χ0) is 12.9. The Morgan fingerprint density at radius 1 is 1.17 bits per heavy atom. The van der Waals surface area contributed by atoms with E-state index in [0.29, 0.717) is 5.52 Å². The van der Waals surface area contributed by atoms with Gasteiger partial charge >= 0.3 is 0 Å². The van der Waals surface area contributed by atoms with Gasteiger partial charge in [-0.05, 0) is 19.8 Å². The fourth-order valence-electron chi connectivity index (χ4n) is 2.65. The molecule has 0 radical (unpaired) electrons. The average molecular weight is 247 g/mol. The zero-order valence-corrected chi connectivity index (χ0v) is 11.0. The molecule has 18 heavy (non-hydrogen) atoms. The van der Waals surface area contributed by atoms with E-state index in [1.54, 1.807) is 23.3 Å². The van der Waals surface area contributed by atoms with Gasteiger partial charge < -0.3 is 4.90 Å². The summed E-state index contributed by atoms with van der Waals surface area (Å²) in [6.45, 7) is 3.85. The van der Waals surface area contributed by atoms with Gasteiger partial charge in [0.1, 0.15) is 5.52 Å². The van der Waals surface area contributed by atoms with Crippen LogP contribution < -0.4 is 10.5 Å². The van der Waals surface area contributed by atoms with Crippen LogP contribution in [0.1, 0.15) is 18.5 Å². The molecule has 1 saturated heterocycles. The van der Waals surface area contributed by atoms with Crippen LogP contribution >= 0.6 is 0 Å². The molecule has 2 aromatic heterocycles. The summed E-state index contributed by atoms with van der Waals surface area (Å²) < 4.78 is 3.25. The minimum Gasteiger partial charge on any atom is -0.342 e. The van der Waals surface area contributed by atoms with E-state index < -0.39 is 0 Å². The Balaban J connectivity index is 2.31. The Morgan fingerprint density at radius 3 is 2.50 bits per heavy atom. The number of aromatic nitrogens is 4. The van der Waals surface area contributed by atoms with Crippen molar-refractivity contribution in [2.75, 3.05) is 18.0 Å². The maximum atomic E-state index is 12.4. The van der Waals surface area contributed by atoms with Crippen LogP contribution in [0, 0.1) is 6.92 Å². The molecular weight excluding hydrogens is 230 g/mol. The molecular formula is C12H17N5O. The fourth-order valence-corrected chi connectivity index (χ4v) is 2.65. The fraction of sp³-hybridized carbons (Fsp3) is 0.583. The molecule has 0 saturated carbocycles. The lowest BCUT2D eigenvalue weighted by Crippen LogP contribution is -2.30. The molecule has 0 spiro atoms. The number of fused-ring (bicyclic) bond motifs is 1. The van der Waals surface area contributed by atoms with E-state index in [0.717, 1.165) is 30.2 Å². The van der Waals surface area contributed by atoms with Crippen molar-refractivity contribution in [3.8, 4) is 0 Å². The maximum absolute atomic E-state index is 12.4. The van der Waals surface area contributed by atoms with E-state index in [1.165, 1.54) is 12.8 Å². The quantitative estimate of drug-likeness (QED) is 0.739. The smallest absolute Gasteiger partial charge is 0.280 e. The van der Waals surface area contributed by atoms with Gasteiger partial charge in [0.2, 0.25) is 5.95 Å².